The minimum absolute atomic E-state index is 0.150. The summed E-state index contributed by atoms with van der Waals surface area (Å²) in [6, 6.07) is 1.03. The fraction of sp³-hybridized carbons (Fsp3) is 1.00. The summed E-state index contributed by atoms with van der Waals surface area (Å²) in [6.45, 7) is 1.51. The van der Waals surface area contributed by atoms with Gasteiger partial charge >= 0.3 is 0 Å². The van der Waals surface area contributed by atoms with Crippen LogP contribution < -0.4 is 5.32 Å². The van der Waals surface area contributed by atoms with Crippen molar-refractivity contribution in [3.63, 3.8) is 0 Å². The third-order valence-electron chi connectivity index (χ3n) is 5.04. The highest BCUT2D eigenvalue weighted by Gasteiger charge is 2.39. The smallest absolute Gasteiger partial charge is 0.282 e. The molecule has 2 saturated carbocycles. The Morgan fingerprint density at radius 2 is 1.85 bits per heavy atom. The minimum Gasteiger partial charge on any atom is -0.312 e. The van der Waals surface area contributed by atoms with Crippen LogP contribution in [0.15, 0.2) is 0 Å². The molecule has 1 atom stereocenters. The van der Waals surface area contributed by atoms with Gasteiger partial charge in [0.25, 0.3) is 10.2 Å². The van der Waals surface area contributed by atoms with Crippen molar-refractivity contribution < 1.29 is 8.42 Å². The van der Waals surface area contributed by atoms with Gasteiger partial charge < -0.3 is 5.32 Å². The van der Waals surface area contributed by atoms with E-state index in [2.05, 4.69) is 5.32 Å². The summed E-state index contributed by atoms with van der Waals surface area (Å²) in [4.78, 5) is 0. The number of nitrogens with zero attached hydrogens (tertiary/aromatic N) is 2. The molecule has 0 aromatic rings. The van der Waals surface area contributed by atoms with Crippen molar-refractivity contribution in [1.82, 2.24) is 13.9 Å². The molecule has 3 rings (SSSR count). The van der Waals surface area contributed by atoms with Gasteiger partial charge in [-0.25, -0.2) is 0 Å². The van der Waals surface area contributed by atoms with Crippen LogP contribution in [0.5, 0.6) is 0 Å². The van der Waals surface area contributed by atoms with E-state index in [9.17, 15) is 8.42 Å². The van der Waals surface area contributed by atoms with Gasteiger partial charge in [-0.15, -0.1) is 0 Å². The summed E-state index contributed by atoms with van der Waals surface area (Å²) in [5.74, 6) is 0. The van der Waals surface area contributed by atoms with E-state index >= 15 is 0 Å². The second-order valence-electron chi connectivity index (χ2n) is 6.55. The van der Waals surface area contributed by atoms with Crippen LogP contribution in [0.2, 0.25) is 0 Å². The number of piperidine rings is 1. The molecule has 1 unspecified atom stereocenters. The van der Waals surface area contributed by atoms with Crippen molar-refractivity contribution in [3.8, 4) is 0 Å². The van der Waals surface area contributed by atoms with Gasteiger partial charge in [0.1, 0.15) is 0 Å². The van der Waals surface area contributed by atoms with E-state index in [1.165, 1.54) is 12.8 Å². The Labute approximate surface area is 122 Å². The first-order valence-corrected chi connectivity index (χ1v) is 9.47. The fourth-order valence-electron chi connectivity index (χ4n) is 3.18. The van der Waals surface area contributed by atoms with Crippen LogP contribution >= 0.6 is 0 Å². The first-order valence-electron chi connectivity index (χ1n) is 8.07. The highest BCUT2D eigenvalue weighted by atomic mass is 32.2. The van der Waals surface area contributed by atoms with Crippen molar-refractivity contribution in [1.29, 1.82) is 0 Å². The molecule has 0 bridgehead atoms. The lowest BCUT2D eigenvalue weighted by atomic mass is 9.94. The van der Waals surface area contributed by atoms with Gasteiger partial charge in [0, 0.05) is 38.3 Å². The molecule has 20 heavy (non-hydrogen) atoms. The van der Waals surface area contributed by atoms with Gasteiger partial charge in [-0.2, -0.15) is 17.0 Å². The van der Waals surface area contributed by atoms with Crippen LogP contribution in [-0.2, 0) is 10.2 Å². The second kappa shape index (κ2) is 5.91. The maximum Gasteiger partial charge on any atom is 0.282 e. The molecule has 3 aliphatic rings. The van der Waals surface area contributed by atoms with Crippen LogP contribution in [-0.4, -0.2) is 55.3 Å². The Kier molecular flexibility index (Phi) is 4.36. The topological polar surface area (TPSA) is 52.7 Å². The molecule has 1 saturated heterocycles. The third kappa shape index (κ3) is 3.03. The number of hydrogen-bond donors (Lipinski definition) is 1. The molecule has 0 spiro atoms. The van der Waals surface area contributed by atoms with Crippen LogP contribution in [0.3, 0.4) is 0 Å². The van der Waals surface area contributed by atoms with Crippen molar-refractivity contribution in [2.75, 3.05) is 20.1 Å². The predicted octanol–water partition coefficient (Wildman–Crippen LogP) is 1.32. The molecular formula is C14H27N3O2S. The van der Waals surface area contributed by atoms with E-state index < -0.39 is 10.2 Å². The van der Waals surface area contributed by atoms with E-state index in [1.807, 2.05) is 0 Å². The fourth-order valence-corrected chi connectivity index (χ4v) is 5.01. The molecule has 3 fully saturated rings. The summed E-state index contributed by atoms with van der Waals surface area (Å²) in [6.07, 6.45) is 8.86. The molecule has 1 aliphatic heterocycles. The van der Waals surface area contributed by atoms with Crippen molar-refractivity contribution in [2.45, 2.75) is 69.5 Å². The number of nitrogens with one attached hydrogen (secondary N) is 1. The van der Waals surface area contributed by atoms with E-state index in [0.29, 0.717) is 12.6 Å². The summed E-state index contributed by atoms with van der Waals surface area (Å²) in [7, 11) is -1.51. The predicted molar refractivity (Wildman–Crippen MR) is 79.7 cm³/mol. The van der Waals surface area contributed by atoms with Crippen LogP contribution in [0.4, 0.5) is 0 Å². The van der Waals surface area contributed by atoms with E-state index in [1.54, 1.807) is 15.7 Å². The average Bonchev–Trinajstić information content (AvgIpc) is 3.18. The molecule has 0 radical (unpaired) electrons. The first-order chi connectivity index (χ1) is 9.59. The number of rotatable bonds is 6. The molecule has 6 heteroatoms. The summed E-state index contributed by atoms with van der Waals surface area (Å²) in [5, 5.41) is 3.50. The molecule has 0 amide bonds. The van der Waals surface area contributed by atoms with Gasteiger partial charge in [-0.05, 0) is 38.5 Å². The lowest BCUT2D eigenvalue weighted by Crippen LogP contribution is -2.55. The summed E-state index contributed by atoms with van der Waals surface area (Å²) in [5.41, 5.74) is 0. The zero-order chi connectivity index (χ0) is 14.2. The highest BCUT2D eigenvalue weighted by Crippen LogP contribution is 2.30. The third-order valence-corrected chi connectivity index (χ3v) is 7.14. The van der Waals surface area contributed by atoms with Crippen LogP contribution in [0, 0.1) is 0 Å². The van der Waals surface area contributed by atoms with E-state index in [0.717, 1.165) is 45.1 Å². The van der Waals surface area contributed by atoms with E-state index in [4.69, 9.17) is 0 Å². The monoisotopic (exact) mass is 301 g/mol. The summed E-state index contributed by atoms with van der Waals surface area (Å²) >= 11 is 0. The van der Waals surface area contributed by atoms with Crippen molar-refractivity contribution in [3.05, 3.63) is 0 Å². The Hall–Kier alpha value is -0.170. The lowest BCUT2D eigenvalue weighted by molar-refractivity contribution is 0.196. The molecule has 116 valence electrons. The Morgan fingerprint density at radius 1 is 1.10 bits per heavy atom. The van der Waals surface area contributed by atoms with Crippen molar-refractivity contribution in [2.24, 2.45) is 0 Å². The first kappa shape index (κ1) is 14.8. The summed E-state index contributed by atoms with van der Waals surface area (Å²) < 4.78 is 29.0. The Morgan fingerprint density at radius 3 is 2.45 bits per heavy atom. The molecule has 1 N–H and O–H groups in total. The van der Waals surface area contributed by atoms with Crippen LogP contribution in [0.25, 0.3) is 0 Å². The normalized spacial score (nSPS) is 29.6. The minimum atomic E-state index is -3.27. The van der Waals surface area contributed by atoms with Gasteiger partial charge in [0.2, 0.25) is 0 Å². The van der Waals surface area contributed by atoms with Crippen molar-refractivity contribution >= 4 is 10.2 Å². The van der Waals surface area contributed by atoms with E-state index in [-0.39, 0.29) is 12.1 Å². The quantitative estimate of drug-likeness (QED) is 0.805. The second-order valence-corrected chi connectivity index (χ2v) is 8.49. The highest BCUT2D eigenvalue weighted by molar-refractivity contribution is 7.86. The van der Waals surface area contributed by atoms with Gasteiger partial charge in [0.05, 0.1) is 0 Å². The SMILES string of the molecule is CN(C1CCC1)S(=O)(=O)N1CCCCC1CNC1CC1. The molecule has 0 aromatic carbocycles. The lowest BCUT2D eigenvalue weighted by Gasteiger charge is -2.41. The van der Waals surface area contributed by atoms with Gasteiger partial charge in [-0.1, -0.05) is 12.8 Å². The zero-order valence-electron chi connectivity index (χ0n) is 12.4. The zero-order valence-corrected chi connectivity index (χ0v) is 13.2. The maximum atomic E-state index is 12.8. The van der Waals surface area contributed by atoms with Gasteiger partial charge in [0.15, 0.2) is 0 Å². The Balaban J connectivity index is 1.66. The molecular weight excluding hydrogens is 274 g/mol. The molecule has 5 nitrogen and oxygen atoms in total. The average molecular weight is 301 g/mol. The Bertz CT molecular complexity index is 432. The standard InChI is InChI=1S/C14H27N3O2S/c1-16(13-6-4-7-13)20(18,19)17-10-3-2-5-14(17)11-15-12-8-9-12/h12-15H,2-11H2,1H3. The maximum absolute atomic E-state index is 12.8. The van der Waals surface area contributed by atoms with Crippen LogP contribution in [0.1, 0.15) is 51.4 Å². The van der Waals surface area contributed by atoms with Gasteiger partial charge in [-0.3, -0.25) is 0 Å². The molecule has 0 aromatic heterocycles. The number of hydrogen-bond acceptors (Lipinski definition) is 3. The molecule has 2 aliphatic carbocycles. The molecule has 1 heterocycles. The largest absolute Gasteiger partial charge is 0.312 e.